The van der Waals surface area contributed by atoms with Gasteiger partial charge in [-0.2, -0.15) is 0 Å². The molecular weight excluding hydrogens is 218 g/mol. The largest absolute Gasteiger partial charge is 0.478 e. The second kappa shape index (κ2) is 5.31. The maximum Gasteiger partial charge on any atom is 0.218 e. The highest BCUT2D eigenvalue weighted by Gasteiger charge is 2.30. The van der Waals surface area contributed by atoms with E-state index < -0.39 is 5.60 Å². The van der Waals surface area contributed by atoms with E-state index in [0.717, 1.165) is 25.7 Å². The van der Waals surface area contributed by atoms with Crippen LogP contribution in [-0.4, -0.2) is 33.8 Å². The Hall–Kier alpha value is -1.36. The van der Waals surface area contributed by atoms with Crippen molar-refractivity contribution in [3.63, 3.8) is 0 Å². The summed E-state index contributed by atoms with van der Waals surface area (Å²) < 4.78 is 5.29. The van der Waals surface area contributed by atoms with Crippen LogP contribution in [0.25, 0.3) is 0 Å². The van der Waals surface area contributed by atoms with Crippen molar-refractivity contribution >= 4 is 5.82 Å². The van der Waals surface area contributed by atoms with Crippen LogP contribution in [-0.2, 0) is 0 Å². The molecule has 0 unspecified atom stereocenters. The molecule has 1 aliphatic carbocycles. The molecule has 5 heteroatoms. The Labute approximate surface area is 101 Å². The zero-order chi connectivity index (χ0) is 12.1. The third-order valence-electron chi connectivity index (χ3n) is 3.07. The Kier molecular flexibility index (Phi) is 3.78. The fraction of sp³-hybridized carbons (Fsp3) is 0.667. The van der Waals surface area contributed by atoms with E-state index in [1.807, 2.05) is 6.92 Å². The Bertz CT molecular complexity index is 365. The number of ether oxygens (including phenoxy) is 1. The fourth-order valence-corrected chi connectivity index (χ4v) is 2.13. The molecule has 1 aromatic rings. The van der Waals surface area contributed by atoms with Gasteiger partial charge in [-0.3, -0.25) is 0 Å². The summed E-state index contributed by atoms with van der Waals surface area (Å²) in [6.45, 7) is 3.03. The van der Waals surface area contributed by atoms with Crippen LogP contribution < -0.4 is 10.1 Å². The Morgan fingerprint density at radius 3 is 2.88 bits per heavy atom. The average Bonchev–Trinajstić information content (AvgIpc) is 2.76. The van der Waals surface area contributed by atoms with Crippen LogP contribution in [0.4, 0.5) is 5.82 Å². The minimum absolute atomic E-state index is 0.537. The molecule has 94 valence electrons. The van der Waals surface area contributed by atoms with Crippen molar-refractivity contribution in [1.82, 2.24) is 9.97 Å². The van der Waals surface area contributed by atoms with E-state index in [-0.39, 0.29) is 0 Å². The molecule has 1 heterocycles. The summed E-state index contributed by atoms with van der Waals surface area (Å²) in [7, 11) is 0. The van der Waals surface area contributed by atoms with Gasteiger partial charge in [0, 0.05) is 12.6 Å². The number of aliphatic hydroxyl groups is 1. The van der Waals surface area contributed by atoms with Crippen LogP contribution in [0, 0.1) is 0 Å². The van der Waals surface area contributed by atoms with Gasteiger partial charge in [-0.1, -0.05) is 12.8 Å². The van der Waals surface area contributed by atoms with Gasteiger partial charge >= 0.3 is 0 Å². The van der Waals surface area contributed by atoms with Gasteiger partial charge in [0.25, 0.3) is 0 Å². The summed E-state index contributed by atoms with van der Waals surface area (Å²) in [6, 6.07) is 1.75. The smallest absolute Gasteiger partial charge is 0.218 e. The Balaban J connectivity index is 1.91. The number of hydrogen-bond donors (Lipinski definition) is 2. The van der Waals surface area contributed by atoms with Crippen LogP contribution in [0.3, 0.4) is 0 Å². The molecule has 0 amide bonds. The normalized spacial score (nSPS) is 18.0. The minimum atomic E-state index is -0.573. The van der Waals surface area contributed by atoms with Crippen LogP contribution in [0.15, 0.2) is 12.4 Å². The predicted octanol–water partition coefficient (Wildman–Crippen LogP) is 1.59. The summed E-state index contributed by atoms with van der Waals surface area (Å²) in [4.78, 5) is 8.09. The van der Waals surface area contributed by atoms with Crippen LogP contribution in [0.2, 0.25) is 0 Å². The molecular formula is C12H19N3O2. The van der Waals surface area contributed by atoms with Crippen LogP contribution >= 0.6 is 0 Å². The summed E-state index contributed by atoms with van der Waals surface area (Å²) in [5.41, 5.74) is -0.573. The molecule has 1 aliphatic rings. The molecule has 0 spiro atoms. The lowest BCUT2D eigenvalue weighted by Gasteiger charge is -2.22. The zero-order valence-electron chi connectivity index (χ0n) is 10.1. The lowest BCUT2D eigenvalue weighted by Crippen LogP contribution is -2.33. The van der Waals surface area contributed by atoms with E-state index in [4.69, 9.17) is 4.74 Å². The standard InChI is InChI=1S/C12H19N3O2/c1-2-17-11-7-10(14-9-15-11)13-8-12(16)5-3-4-6-12/h7,9,16H,2-6,8H2,1H3,(H,13,14,15). The van der Waals surface area contributed by atoms with Gasteiger partial charge in [-0.25, -0.2) is 9.97 Å². The van der Waals surface area contributed by atoms with Crippen molar-refractivity contribution in [2.75, 3.05) is 18.5 Å². The summed E-state index contributed by atoms with van der Waals surface area (Å²) in [5.74, 6) is 1.26. The molecule has 0 aliphatic heterocycles. The molecule has 0 atom stereocenters. The first-order valence-electron chi connectivity index (χ1n) is 6.13. The number of aromatic nitrogens is 2. The van der Waals surface area contributed by atoms with E-state index in [1.165, 1.54) is 6.33 Å². The van der Waals surface area contributed by atoms with Gasteiger partial charge in [0.2, 0.25) is 5.88 Å². The van der Waals surface area contributed by atoms with Gasteiger partial charge in [-0.05, 0) is 19.8 Å². The van der Waals surface area contributed by atoms with Gasteiger partial charge in [0.05, 0.1) is 12.2 Å². The van der Waals surface area contributed by atoms with Crippen LogP contribution in [0.5, 0.6) is 5.88 Å². The van der Waals surface area contributed by atoms with Gasteiger partial charge in [0.1, 0.15) is 12.1 Å². The maximum absolute atomic E-state index is 10.2. The van der Waals surface area contributed by atoms with Gasteiger partial charge in [0.15, 0.2) is 0 Å². The number of nitrogens with zero attached hydrogens (tertiary/aromatic N) is 2. The van der Waals surface area contributed by atoms with Crippen molar-refractivity contribution in [3.05, 3.63) is 12.4 Å². The maximum atomic E-state index is 10.2. The lowest BCUT2D eigenvalue weighted by atomic mass is 10.0. The predicted molar refractivity (Wildman–Crippen MR) is 65.1 cm³/mol. The average molecular weight is 237 g/mol. The highest BCUT2D eigenvalue weighted by atomic mass is 16.5. The van der Waals surface area contributed by atoms with Crippen molar-refractivity contribution in [1.29, 1.82) is 0 Å². The second-order valence-corrected chi connectivity index (χ2v) is 4.46. The number of anilines is 1. The minimum Gasteiger partial charge on any atom is -0.478 e. The molecule has 2 rings (SSSR count). The molecule has 2 N–H and O–H groups in total. The summed E-state index contributed by atoms with van der Waals surface area (Å²) in [5, 5.41) is 13.3. The monoisotopic (exact) mass is 237 g/mol. The topological polar surface area (TPSA) is 67.3 Å². The van der Waals surface area contributed by atoms with E-state index in [2.05, 4.69) is 15.3 Å². The van der Waals surface area contributed by atoms with E-state index in [1.54, 1.807) is 6.07 Å². The Morgan fingerprint density at radius 2 is 2.18 bits per heavy atom. The first-order valence-corrected chi connectivity index (χ1v) is 6.13. The summed E-state index contributed by atoms with van der Waals surface area (Å²) >= 11 is 0. The third-order valence-corrected chi connectivity index (χ3v) is 3.07. The van der Waals surface area contributed by atoms with Crippen molar-refractivity contribution in [2.45, 2.75) is 38.2 Å². The van der Waals surface area contributed by atoms with Crippen molar-refractivity contribution in [3.8, 4) is 5.88 Å². The fourth-order valence-electron chi connectivity index (χ4n) is 2.13. The molecule has 1 aromatic heterocycles. The first-order chi connectivity index (χ1) is 8.22. The molecule has 0 bridgehead atoms. The van der Waals surface area contributed by atoms with Gasteiger partial charge < -0.3 is 15.2 Å². The quantitative estimate of drug-likeness (QED) is 0.814. The molecule has 0 aromatic carbocycles. The van der Waals surface area contributed by atoms with E-state index >= 15 is 0 Å². The van der Waals surface area contributed by atoms with E-state index in [0.29, 0.717) is 24.8 Å². The molecule has 5 nitrogen and oxygen atoms in total. The molecule has 0 saturated heterocycles. The first kappa shape index (κ1) is 12.1. The SMILES string of the molecule is CCOc1cc(NCC2(O)CCCC2)ncn1. The van der Waals surface area contributed by atoms with Crippen molar-refractivity contribution in [2.24, 2.45) is 0 Å². The molecule has 0 radical (unpaired) electrons. The van der Waals surface area contributed by atoms with E-state index in [9.17, 15) is 5.11 Å². The zero-order valence-corrected chi connectivity index (χ0v) is 10.1. The highest BCUT2D eigenvalue weighted by molar-refractivity contribution is 5.37. The van der Waals surface area contributed by atoms with Crippen LogP contribution in [0.1, 0.15) is 32.6 Å². The third kappa shape index (κ3) is 3.30. The second-order valence-electron chi connectivity index (χ2n) is 4.46. The summed E-state index contributed by atoms with van der Waals surface area (Å²) in [6.07, 6.45) is 5.40. The lowest BCUT2D eigenvalue weighted by molar-refractivity contribution is 0.0614. The molecule has 1 saturated carbocycles. The molecule has 1 fully saturated rings. The van der Waals surface area contributed by atoms with Gasteiger partial charge in [-0.15, -0.1) is 0 Å². The Morgan fingerprint density at radius 1 is 1.41 bits per heavy atom. The number of hydrogen-bond acceptors (Lipinski definition) is 5. The highest BCUT2D eigenvalue weighted by Crippen LogP contribution is 2.29. The molecule has 17 heavy (non-hydrogen) atoms. The number of nitrogens with one attached hydrogen (secondary N) is 1. The number of rotatable bonds is 5. The van der Waals surface area contributed by atoms with Crippen molar-refractivity contribution < 1.29 is 9.84 Å².